The molecule has 2 rings (SSSR count). The molecule has 0 aliphatic carbocycles. The molecule has 0 aliphatic heterocycles. The summed E-state index contributed by atoms with van der Waals surface area (Å²) < 4.78 is 0.979. The summed E-state index contributed by atoms with van der Waals surface area (Å²) in [6.07, 6.45) is 0.542. The van der Waals surface area contributed by atoms with Crippen LogP contribution in [0.3, 0.4) is 0 Å². The van der Waals surface area contributed by atoms with Gasteiger partial charge in [-0.25, -0.2) is 0 Å². The van der Waals surface area contributed by atoms with Gasteiger partial charge in [-0.15, -0.1) is 0 Å². The molecule has 3 nitrogen and oxygen atoms in total. The zero-order valence-corrected chi connectivity index (χ0v) is 11.9. The first-order valence-corrected chi connectivity index (χ1v) is 6.53. The van der Waals surface area contributed by atoms with Gasteiger partial charge in [0.05, 0.1) is 5.69 Å². The molecule has 0 atom stereocenters. The van der Waals surface area contributed by atoms with Crippen LogP contribution in [0.15, 0.2) is 53.0 Å². The number of benzene rings is 2. The Bertz CT molecular complexity index is 608. The number of carbonyl (C=O) groups excluding carboxylic acids is 2. The molecular formula is C15H12BrNO2. The second-order valence-corrected chi connectivity index (χ2v) is 4.93. The third kappa shape index (κ3) is 2.90. The lowest BCUT2D eigenvalue weighted by molar-refractivity contribution is -0.120. The van der Waals surface area contributed by atoms with Crippen molar-refractivity contribution >= 4 is 33.9 Å². The Morgan fingerprint density at radius 2 is 1.74 bits per heavy atom. The normalized spacial score (nSPS) is 10.0. The zero-order chi connectivity index (χ0) is 13.8. The van der Waals surface area contributed by atoms with Crippen molar-refractivity contribution in [3.05, 3.63) is 53.0 Å². The van der Waals surface area contributed by atoms with Gasteiger partial charge in [0, 0.05) is 17.0 Å². The van der Waals surface area contributed by atoms with Crippen molar-refractivity contribution < 1.29 is 9.59 Å². The number of rotatable bonds is 3. The first-order chi connectivity index (χ1) is 9.13. The van der Waals surface area contributed by atoms with Crippen molar-refractivity contribution in [2.45, 2.75) is 6.92 Å². The van der Waals surface area contributed by atoms with Crippen LogP contribution in [0.2, 0.25) is 0 Å². The highest BCUT2D eigenvalue weighted by atomic mass is 79.9. The summed E-state index contributed by atoms with van der Waals surface area (Å²) in [7, 11) is 0. The van der Waals surface area contributed by atoms with Gasteiger partial charge in [0.25, 0.3) is 0 Å². The predicted octanol–water partition coefficient (Wildman–Crippen LogP) is 3.63. The molecule has 2 amide bonds. The lowest BCUT2D eigenvalue weighted by atomic mass is 10.0. The molecule has 0 radical (unpaired) electrons. The summed E-state index contributed by atoms with van der Waals surface area (Å²) in [6, 6.07) is 15.0. The van der Waals surface area contributed by atoms with Crippen LogP contribution >= 0.6 is 15.9 Å². The molecule has 0 heterocycles. The molecule has 2 aromatic rings. The summed E-state index contributed by atoms with van der Waals surface area (Å²) in [5.74, 6) is -0.306. The van der Waals surface area contributed by atoms with Gasteiger partial charge >= 0.3 is 0 Å². The third-order valence-electron chi connectivity index (χ3n) is 2.76. The highest BCUT2D eigenvalue weighted by Gasteiger charge is 2.14. The molecule has 2 aromatic carbocycles. The van der Waals surface area contributed by atoms with Gasteiger partial charge in [-0.2, -0.15) is 0 Å². The lowest BCUT2D eigenvalue weighted by Gasteiger charge is -2.17. The average molecular weight is 318 g/mol. The molecule has 0 bridgehead atoms. The standard InChI is InChI=1S/C15H12BrNO2/c1-11(19)17(10-18)15-5-3-2-4-14(15)12-6-8-13(16)9-7-12/h2-10H,1H3. The van der Waals surface area contributed by atoms with Crippen LogP contribution in [0, 0.1) is 0 Å². The van der Waals surface area contributed by atoms with Crippen LogP contribution in [0.5, 0.6) is 0 Å². The van der Waals surface area contributed by atoms with Gasteiger partial charge in [-0.05, 0) is 23.8 Å². The van der Waals surface area contributed by atoms with Gasteiger partial charge in [-0.1, -0.05) is 46.3 Å². The number of para-hydroxylation sites is 1. The summed E-state index contributed by atoms with van der Waals surface area (Å²) >= 11 is 3.38. The van der Waals surface area contributed by atoms with Crippen LogP contribution in [-0.4, -0.2) is 12.3 Å². The van der Waals surface area contributed by atoms with E-state index in [9.17, 15) is 9.59 Å². The van der Waals surface area contributed by atoms with Gasteiger partial charge in [0.2, 0.25) is 12.3 Å². The van der Waals surface area contributed by atoms with Crippen molar-refractivity contribution in [1.29, 1.82) is 0 Å². The maximum Gasteiger partial charge on any atom is 0.230 e. The SMILES string of the molecule is CC(=O)N(C=O)c1ccccc1-c1ccc(Br)cc1. The third-order valence-corrected chi connectivity index (χ3v) is 3.29. The van der Waals surface area contributed by atoms with E-state index in [0.29, 0.717) is 12.1 Å². The molecular weight excluding hydrogens is 306 g/mol. The van der Waals surface area contributed by atoms with E-state index < -0.39 is 0 Å². The maximum atomic E-state index is 11.5. The Hall–Kier alpha value is -1.94. The molecule has 0 saturated carbocycles. The zero-order valence-electron chi connectivity index (χ0n) is 10.3. The van der Waals surface area contributed by atoms with Crippen molar-refractivity contribution in [3.8, 4) is 11.1 Å². The number of halogens is 1. The largest absolute Gasteiger partial charge is 0.278 e. The van der Waals surface area contributed by atoms with E-state index in [-0.39, 0.29) is 5.91 Å². The van der Waals surface area contributed by atoms with Crippen LogP contribution < -0.4 is 4.90 Å². The maximum absolute atomic E-state index is 11.5. The number of hydrogen-bond acceptors (Lipinski definition) is 2. The van der Waals surface area contributed by atoms with Crippen molar-refractivity contribution in [3.63, 3.8) is 0 Å². The second kappa shape index (κ2) is 5.80. The molecule has 0 fully saturated rings. The number of carbonyl (C=O) groups is 2. The van der Waals surface area contributed by atoms with E-state index in [1.54, 1.807) is 12.1 Å². The number of nitrogens with zero attached hydrogens (tertiary/aromatic N) is 1. The van der Waals surface area contributed by atoms with Crippen molar-refractivity contribution in [1.82, 2.24) is 0 Å². The topological polar surface area (TPSA) is 37.4 Å². The highest BCUT2D eigenvalue weighted by Crippen LogP contribution is 2.31. The second-order valence-electron chi connectivity index (χ2n) is 4.02. The fourth-order valence-electron chi connectivity index (χ4n) is 1.86. The van der Waals surface area contributed by atoms with Gasteiger partial charge in [-0.3, -0.25) is 14.5 Å². The van der Waals surface area contributed by atoms with E-state index in [4.69, 9.17) is 0 Å². The molecule has 0 N–H and O–H groups in total. The summed E-state index contributed by atoms with van der Waals surface area (Å²) in [5, 5.41) is 0. The van der Waals surface area contributed by atoms with Gasteiger partial charge in [0.15, 0.2) is 0 Å². The molecule has 0 aliphatic rings. The minimum atomic E-state index is -0.306. The Labute approximate surface area is 120 Å². The lowest BCUT2D eigenvalue weighted by Crippen LogP contribution is -2.26. The Kier molecular flexibility index (Phi) is 4.12. The first-order valence-electron chi connectivity index (χ1n) is 5.73. The van der Waals surface area contributed by atoms with Crippen LogP contribution in [0.4, 0.5) is 5.69 Å². The van der Waals surface area contributed by atoms with Crippen LogP contribution in [0.1, 0.15) is 6.92 Å². The summed E-state index contributed by atoms with van der Waals surface area (Å²) in [6.45, 7) is 1.37. The molecule has 4 heteroatoms. The summed E-state index contributed by atoms with van der Waals surface area (Å²) in [5.41, 5.74) is 2.39. The molecule has 0 unspecified atom stereocenters. The molecule has 0 spiro atoms. The van der Waals surface area contributed by atoms with E-state index in [1.165, 1.54) is 6.92 Å². The number of anilines is 1. The van der Waals surface area contributed by atoms with Crippen molar-refractivity contribution in [2.24, 2.45) is 0 Å². The summed E-state index contributed by atoms with van der Waals surface area (Å²) in [4.78, 5) is 23.7. The van der Waals surface area contributed by atoms with Crippen LogP contribution in [0.25, 0.3) is 11.1 Å². The Morgan fingerprint density at radius 1 is 1.11 bits per heavy atom. The van der Waals surface area contributed by atoms with Gasteiger partial charge < -0.3 is 0 Å². The van der Waals surface area contributed by atoms with Gasteiger partial charge in [0.1, 0.15) is 0 Å². The van der Waals surface area contributed by atoms with E-state index in [2.05, 4.69) is 15.9 Å². The molecule has 0 aromatic heterocycles. The predicted molar refractivity (Wildman–Crippen MR) is 78.8 cm³/mol. The monoisotopic (exact) mass is 317 g/mol. The Morgan fingerprint density at radius 3 is 2.32 bits per heavy atom. The van der Waals surface area contributed by atoms with E-state index >= 15 is 0 Å². The average Bonchev–Trinajstić information content (AvgIpc) is 2.41. The van der Waals surface area contributed by atoms with Crippen LogP contribution in [-0.2, 0) is 9.59 Å². The minimum absolute atomic E-state index is 0.306. The molecule has 96 valence electrons. The number of imide groups is 1. The minimum Gasteiger partial charge on any atom is -0.278 e. The quantitative estimate of drug-likeness (QED) is 0.811. The van der Waals surface area contributed by atoms with Crippen molar-refractivity contribution in [2.75, 3.05) is 4.90 Å². The number of hydrogen-bond donors (Lipinski definition) is 0. The highest BCUT2D eigenvalue weighted by molar-refractivity contribution is 9.10. The smallest absolute Gasteiger partial charge is 0.230 e. The number of amides is 2. The molecule has 0 saturated heterocycles. The fraction of sp³-hybridized carbons (Fsp3) is 0.0667. The molecule has 19 heavy (non-hydrogen) atoms. The fourth-order valence-corrected chi connectivity index (χ4v) is 2.12. The van der Waals surface area contributed by atoms with E-state index in [1.807, 2.05) is 36.4 Å². The Balaban J connectivity index is 2.55. The van der Waals surface area contributed by atoms with E-state index in [0.717, 1.165) is 20.5 Å². The first kappa shape index (κ1) is 13.5.